The van der Waals surface area contributed by atoms with E-state index in [0.29, 0.717) is 12.1 Å². The average molecular weight is 371 g/mol. The number of rotatable bonds is 5. The number of pyridine rings is 1. The highest BCUT2D eigenvalue weighted by Crippen LogP contribution is 2.34. The Balaban J connectivity index is 1.57. The molecule has 1 N–H and O–H groups in total. The Hall–Kier alpha value is -3.14. The number of nitrogens with one attached hydrogen (secondary N) is 1. The number of para-hydroxylation sites is 1. The maximum atomic E-state index is 12.8. The second-order valence-electron chi connectivity index (χ2n) is 7.38. The number of hydrogen-bond acceptors (Lipinski definition) is 3. The van der Waals surface area contributed by atoms with Gasteiger partial charge in [-0.25, -0.2) is 0 Å². The van der Waals surface area contributed by atoms with Crippen molar-refractivity contribution in [2.45, 2.75) is 26.3 Å². The van der Waals surface area contributed by atoms with Crippen LogP contribution in [0.2, 0.25) is 0 Å². The molecule has 2 aromatic carbocycles. The quantitative estimate of drug-likeness (QED) is 0.730. The third-order valence-corrected chi connectivity index (χ3v) is 5.59. The van der Waals surface area contributed by atoms with Crippen molar-refractivity contribution in [3.8, 4) is 0 Å². The summed E-state index contributed by atoms with van der Waals surface area (Å²) in [5, 5.41) is 3.14. The lowest BCUT2D eigenvalue weighted by atomic mass is 10.0. The van der Waals surface area contributed by atoms with Crippen molar-refractivity contribution in [2.75, 3.05) is 18.0 Å². The van der Waals surface area contributed by atoms with Crippen LogP contribution in [0.15, 0.2) is 67.0 Å². The van der Waals surface area contributed by atoms with Gasteiger partial charge in [0.2, 0.25) is 0 Å². The number of aromatic nitrogens is 1. The van der Waals surface area contributed by atoms with Crippen molar-refractivity contribution in [1.29, 1.82) is 0 Å². The molecule has 142 valence electrons. The molecule has 0 radical (unpaired) electrons. The molecule has 1 aliphatic rings. The number of aryl methyl sites for hydroxylation is 2. The second-order valence-corrected chi connectivity index (χ2v) is 7.38. The molecule has 0 bridgehead atoms. The van der Waals surface area contributed by atoms with Gasteiger partial charge in [0.25, 0.3) is 5.91 Å². The molecular weight excluding hydrogens is 346 g/mol. The van der Waals surface area contributed by atoms with Gasteiger partial charge in [-0.15, -0.1) is 0 Å². The molecule has 0 unspecified atom stereocenters. The fourth-order valence-electron chi connectivity index (χ4n) is 3.84. The summed E-state index contributed by atoms with van der Waals surface area (Å²) in [5.74, 6) is -0.0375. The lowest BCUT2D eigenvalue weighted by Gasteiger charge is -2.31. The summed E-state index contributed by atoms with van der Waals surface area (Å²) in [4.78, 5) is 19.4. The minimum absolute atomic E-state index is 0.0375. The normalized spacial score (nSPS) is 13.9. The zero-order valence-electron chi connectivity index (χ0n) is 16.4. The lowest BCUT2D eigenvalue weighted by Crippen LogP contribution is -2.37. The molecule has 1 aliphatic heterocycles. The number of anilines is 1. The van der Waals surface area contributed by atoms with Crippen molar-refractivity contribution < 1.29 is 4.79 Å². The van der Waals surface area contributed by atoms with E-state index >= 15 is 0 Å². The van der Waals surface area contributed by atoms with Crippen LogP contribution in [0, 0.1) is 13.8 Å². The number of carbonyl (C=O) groups excluding carboxylic acids is 1. The molecule has 0 saturated heterocycles. The van der Waals surface area contributed by atoms with Gasteiger partial charge in [-0.3, -0.25) is 9.78 Å². The van der Waals surface area contributed by atoms with Gasteiger partial charge >= 0.3 is 0 Å². The average Bonchev–Trinajstić information content (AvgIpc) is 3.15. The Morgan fingerprint density at radius 2 is 1.96 bits per heavy atom. The van der Waals surface area contributed by atoms with Crippen molar-refractivity contribution in [2.24, 2.45) is 0 Å². The highest BCUT2D eigenvalue weighted by atomic mass is 16.1. The largest absolute Gasteiger partial charge is 0.362 e. The molecule has 1 aromatic heterocycles. The van der Waals surface area contributed by atoms with Crippen molar-refractivity contribution in [3.63, 3.8) is 0 Å². The Morgan fingerprint density at radius 3 is 2.75 bits per heavy atom. The molecule has 0 saturated carbocycles. The van der Waals surface area contributed by atoms with Crippen LogP contribution in [0.1, 0.15) is 38.7 Å². The third kappa shape index (κ3) is 3.63. The standard InChI is InChI=1S/C24H25N3O/c1-17-9-10-20(14-18(17)2)24(28)26-16-23(21-7-5-12-25-15-21)27-13-11-19-6-3-4-8-22(19)27/h3-10,12,14-15,23H,11,13,16H2,1-2H3,(H,26,28)/t23-/m0/s1. The van der Waals surface area contributed by atoms with E-state index in [0.717, 1.165) is 24.1 Å². The summed E-state index contributed by atoms with van der Waals surface area (Å²) in [6.07, 6.45) is 4.71. The van der Waals surface area contributed by atoms with Gasteiger partial charge in [-0.2, -0.15) is 0 Å². The summed E-state index contributed by atoms with van der Waals surface area (Å²) < 4.78 is 0. The Bertz CT molecular complexity index is 984. The molecule has 3 aromatic rings. The van der Waals surface area contributed by atoms with Crippen LogP contribution in [0.3, 0.4) is 0 Å². The zero-order valence-corrected chi connectivity index (χ0v) is 16.4. The minimum Gasteiger partial charge on any atom is -0.362 e. The second kappa shape index (κ2) is 7.85. The molecular formula is C24H25N3O. The maximum absolute atomic E-state index is 12.8. The van der Waals surface area contributed by atoms with E-state index in [1.807, 2.05) is 37.4 Å². The molecule has 4 rings (SSSR count). The Labute approximate surface area is 166 Å². The lowest BCUT2D eigenvalue weighted by molar-refractivity contribution is 0.0951. The minimum atomic E-state index is -0.0375. The summed E-state index contributed by atoms with van der Waals surface area (Å²) >= 11 is 0. The topological polar surface area (TPSA) is 45.2 Å². The first kappa shape index (κ1) is 18.2. The first-order valence-corrected chi connectivity index (χ1v) is 9.73. The summed E-state index contributed by atoms with van der Waals surface area (Å²) in [6.45, 7) is 5.57. The van der Waals surface area contributed by atoms with Gasteiger partial charge < -0.3 is 10.2 Å². The molecule has 4 heteroatoms. The van der Waals surface area contributed by atoms with Crippen molar-refractivity contribution in [1.82, 2.24) is 10.3 Å². The predicted molar refractivity (Wildman–Crippen MR) is 113 cm³/mol. The third-order valence-electron chi connectivity index (χ3n) is 5.59. The van der Waals surface area contributed by atoms with Crippen LogP contribution in [-0.4, -0.2) is 24.0 Å². The van der Waals surface area contributed by atoms with E-state index in [4.69, 9.17) is 0 Å². The van der Waals surface area contributed by atoms with E-state index in [9.17, 15) is 4.79 Å². The molecule has 28 heavy (non-hydrogen) atoms. The van der Waals surface area contributed by atoms with Gasteiger partial charge in [-0.1, -0.05) is 30.3 Å². The van der Waals surface area contributed by atoms with Crippen molar-refractivity contribution >= 4 is 11.6 Å². The fourth-order valence-corrected chi connectivity index (χ4v) is 3.84. The number of hydrogen-bond donors (Lipinski definition) is 1. The highest BCUT2D eigenvalue weighted by molar-refractivity contribution is 5.94. The van der Waals surface area contributed by atoms with Crippen LogP contribution in [0.4, 0.5) is 5.69 Å². The SMILES string of the molecule is Cc1ccc(C(=O)NC[C@@H](c2cccnc2)N2CCc3ccccc32)cc1C. The molecule has 2 heterocycles. The molecule has 1 atom stereocenters. The van der Waals surface area contributed by atoms with Crippen molar-refractivity contribution in [3.05, 3.63) is 94.8 Å². The number of benzene rings is 2. The zero-order chi connectivity index (χ0) is 19.5. The van der Waals surface area contributed by atoms with E-state index in [-0.39, 0.29) is 11.9 Å². The van der Waals surface area contributed by atoms with Gasteiger partial charge in [0.15, 0.2) is 0 Å². The number of fused-ring (bicyclic) bond motifs is 1. The monoisotopic (exact) mass is 371 g/mol. The number of nitrogens with zero attached hydrogens (tertiary/aromatic N) is 2. The smallest absolute Gasteiger partial charge is 0.251 e. The molecule has 0 fully saturated rings. The number of carbonyl (C=O) groups is 1. The Kier molecular flexibility index (Phi) is 5.11. The highest BCUT2D eigenvalue weighted by Gasteiger charge is 2.27. The predicted octanol–water partition coefficient (Wildman–Crippen LogP) is 4.23. The van der Waals surface area contributed by atoms with Gasteiger partial charge in [0.1, 0.15) is 0 Å². The van der Waals surface area contributed by atoms with Crippen LogP contribution < -0.4 is 10.2 Å². The van der Waals surface area contributed by atoms with Crippen LogP contribution in [0.5, 0.6) is 0 Å². The van der Waals surface area contributed by atoms with E-state index in [2.05, 4.69) is 52.5 Å². The first-order chi connectivity index (χ1) is 13.6. The molecule has 4 nitrogen and oxygen atoms in total. The summed E-state index contributed by atoms with van der Waals surface area (Å²) in [7, 11) is 0. The molecule has 0 aliphatic carbocycles. The summed E-state index contributed by atoms with van der Waals surface area (Å²) in [5.41, 5.74) is 6.74. The van der Waals surface area contributed by atoms with Gasteiger partial charge in [-0.05, 0) is 66.8 Å². The van der Waals surface area contributed by atoms with Crippen LogP contribution >= 0.6 is 0 Å². The summed E-state index contributed by atoms with van der Waals surface area (Å²) in [6, 6.07) is 18.4. The maximum Gasteiger partial charge on any atom is 0.251 e. The number of amides is 1. The van der Waals surface area contributed by atoms with E-state index < -0.39 is 0 Å². The molecule has 0 spiro atoms. The molecule has 1 amide bonds. The van der Waals surface area contributed by atoms with E-state index in [1.54, 1.807) is 6.20 Å². The van der Waals surface area contributed by atoms with E-state index in [1.165, 1.54) is 16.8 Å². The van der Waals surface area contributed by atoms with Gasteiger partial charge in [0, 0.05) is 36.7 Å². The fraction of sp³-hybridized carbons (Fsp3) is 0.250. The first-order valence-electron chi connectivity index (χ1n) is 9.73. The Morgan fingerprint density at radius 1 is 1.11 bits per heavy atom. The van der Waals surface area contributed by atoms with Crippen LogP contribution in [0.25, 0.3) is 0 Å². The van der Waals surface area contributed by atoms with Gasteiger partial charge in [0.05, 0.1) is 6.04 Å². The van der Waals surface area contributed by atoms with Crippen LogP contribution in [-0.2, 0) is 6.42 Å².